The molecule has 0 saturated heterocycles. The maximum absolute atomic E-state index is 14.6. The average Bonchev–Trinajstić information content (AvgIpc) is 2.63. The Kier molecular flexibility index (Phi) is 7.18. The number of hydrogen-bond acceptors (Lipinski definition) is 5. The van der Waals surface area contributed by atoms with Gasteiger partial charge in [-0.05, 0) is 49.4 Å². The van der Waals surface area contributed by atoms with E-state index in [1.165, 1.54) is 30.8 Å². The van der Waals surface area contributed by atoms with E-state index in [9.17, 15) is 14.0 Å². The van der Waals surface area contributed by atoms with Crippen molar-refractivity contribution in [2.45, 2.75) is 25.7 Å². The third-order valence-electron chi connectivity index (χ3n) is 3.61. The summed E-state index contributed by atoms with van der Waals surface area (Å²) in [7, 11) is 0. The highest BCUT2D eigenvalue weighted by molar-refractivity contribution is 7.99. The third kappa shape index (κ3) is 5.33. The van der Waals surface area contributed by atoms with Gasteiger partial charge in [0.2, 0.25) is 0 Å². The van der Waals surface area contributed by atoms with E-state index in [1.807, 2.05) is 6.92 Å². The Labute approximate surface area is 168 Å². The van der Waals surface area contributed by atoms with Crippen LogP contribution in [0, 0.1) is 5.82 Å². The molecule has 0 aromatic heterocycles. The summed E-state index contributed by atoms with van der Waals surface area (Å²) in [5.74, 6) is -0.413. The number of thioether (sulfide) groups is 1. The molecular formula is C22H21FO4S. The normalized spacial score (nSPS) is 10.3. The topological polar surface area (TPSA) is 52.6 Å². The first-order chi connectivity index (χ1) is 13.2. The van der Waals surface area contributed by atoms with Crippen molar-refractivity contribution in [2.24, 2.45) is 0 Å². The van der Waals surface area contributed by atoms with Crippen LogP contribution in [-0.4, -0.2) is 17.7 Å². The fraction of sp³-hybridized carbons (Fsp3) is 0.182. The molecule has 0 spiro atoms. The van der Waals surface area contributed by atoms with Crippen LogP contribution in [0.2, 0.25) is 0 Å². The number of carbonyl (C=O) groups is 2. The van der Waals surface area contributed by atoms with Gasteiger partial charge in [0.05, 0.1) is 4.90 Å². The minimum absolute atomic E-state index is 0.101. The Morgan fingerprint density at radius 1 is 1.00 bits per heavy atom. The largest absolute Gasteiger partial charge is 0.423 e. The van der Waals surface area contributed by atoms with Crippen molar-refractivity contribution in [3.05, 3.63) is 66.5 Å². The average molecular weight is 400 g/mol. The van der Waals surface area contributed by atoms with Crippen molar-refractivity contribution >= 4 is 23.7 Å². The zero-order valence-corrected chi connectivity index (χ0v) is 16.8. The molecule has 0 fully saturated rings. The smallest absolute Gasteiger partial charge is 0.338 e. The van der Waals surface area contributed by atoms with Crippen LogP contribution in [0.25, 0.3) is 11.1 Å². The van der Waals surface area contributed by atoms with E-state index in [2.05, 4.69) is 13.2 Å². The van der Waals surface area contributed by atoms with E-state index in [1.54, 1.807) is 25.1 Å². The molecule has 0 atom stereocenters. The van der Waals surface area contributed by atoms with Crippen LogP contribution in [0.1, 0.15) is 20.8 Å². The summed E-state index contributed by atoms with van der Waals surface area (Å²) >= 11 is 1.48. The molecule has 146 valence electrons. The second-order valence-electron chi connectivity index (χ2n) is 6.08. The van der Waals surface area contributed by atoms with Crippen molar-refractivity contribution in [1.29, 1.82) is 0 Å². The lowest BCUT2D eigenvalue weighted by Crippen LogP contribution is -2.09. The van der Waals surface area contributed by atoms with Crippen LogP contribution in [0.3, 0.4) is 0 Å². The number of esters is 2. The minimum atomic E-state index is -0.613. The Bertz CT molecular complexity index is 950. The number of benzene rings is 2. The maximum atomic E-state index is 14.6. The maximum Gasteiger partial charge on any atom is 0.338 e. The summed E-state index contributed by atoms with van der Waals surface area (Å²) in [6.07, 6.45) is 0. The van der Waals surface area contributed by atoms with Gasteiger partial charge in [-0.25, -0.2) is 14.0 Å². The van der Waals surface area contributed by atoms with Gasteiger partial charge < -0.3 is 9.47 Å². The Morgan fingerprint density at radius 3 is 2.21 bits per heavy atom. The molecule has 0 bridgehead atoms. The molecule has 0 N–H and O–H groups in total. The highest BCUT2D eigenvalue weighted by Crippen LogP contribution is 2.35. The summed E-state index contributed by atoms with van der Waals surface area (Å²) < 4.78 is 25.0. The monoisotopic (exact) mass is 400 g/mol. The van der Waals surface area contributed by atoms with Gasteiger partial charge in [-0.15, -0.1) is 11.8 Å². The first-order valence-corrected chi connectivity index (χ1v) is 9.53. The zero-order valence-electron chi connectivity index (χ0n) is 16.0. The summed E-state index contributed by atoms with van der Waals surface area (Å²) in [5, 5.41) is 0. The van der Waals surface area contributed by atoms with Crippen molar-refractivity contribution < 1.29 is 23.5 Å². The van der Waals surface area contributed by atoms with Crippen molar-refractivity contribution in [2.75, 3.05) is 5.75 Å². The lowest BCUT2D eigenvalue weighted by Gasteiger charge is -2.12. The number of carbonyl (C=O) groups excluding carboxylic acids is 2. The van der Waals surface area contributed by atoms with Crippen LogP contribution in [-0.2, 0) is 9.59 Å². The van der Waals surface area contributed by atoms with E-state index >= 15 is 0 Å². The lowest BCUT2D eigenvalue weighted by atomic mass is 10.0. The molecule has 2 aromatic carbocycles. The summed E-state index contributed by atoms with van der Waals surface area (Å²) in [4.78, 5) is 24.1. The third-order valence-corrected chi connectivity index (χ3v) is 4.52. The molecule has 6 heteroatoms. The van der Waals surface area contributed by atoms with Gasteiger partial charge in [0.25, 0.3) is 0 Å². The van der Waals surface area contributed by atoms with Gasteiger partial charge >= 0.3 is 11.9 Å². The van der Waals surface area contributed by atoms with Crippen LogP contribution < -0.4 is 9.47 Å². The molecule has 0 radical (unpaired) electrons. The van der Waals surface area contributed by atoms with Gasteiger partial charge in [-0.1, -0.05) is 26.1 Å². The van der Waals surface area contributed by atoms with E-state index in [4.69, 9.17) is 9.47 Å². The molecule has 0 aliphatic rings. The van der Waals surface area contributed by atoms with Gasteiger partial charge in [0, 0.05) is 22.8 Å². The molecule has 0 saturated carbocycles. The number of halogens is 1. The molecule has 0 heterocycles. The summed E-state index contributed by atoms with van der Waals surface area (Å²) in [6.45, 7) is 12.1. The van der Waals surface area contributed by atoms with Crippen LogP contribution in [0.5, 0.6) is 11.5 Å². The second kappa shape index (κ2) is 9.37. The molecule has 0 aliphatic carbocycles. The van der Waals surface area contributed by atoms with E-state index < -0.39 is 17.8 Å². The van der Waals surface area contributed by atoms with E-state index in [-0.39, 0.29) is 11.3 Å². The molecule has 28 heavy (non-hydrogen) atoms. The van der Waals surface area contributed by atoms with Crippen LogP contribution >= 0.6 is 11.8 Å². The SMILES string of the molecule is C=C(C)C(=O)Oc1ccc(-c2ccc(OC(=O)C(=C)C)c(SCC)c2)c(F)c1. The standard InChI is InChI=1S/C22H21FO4S/c1-6-28-20-11-15(7-10-19(20)27-22(25)14(4)5)17-9-8-16(12-18(17)23)26-21(24)13(2)3/h7-12H,2,4,6H2,1,3,5H3. The Morgan fingerprint density at radius 2 is 1.64 bits per heavy atom. The van der Waals surface area contributed by atoms with Crippen molar-refractivity contribution in [1.82, 2.24) is 0 Å². The number of hydrogen-bond donors (Lipinski definition) is 0. The highest BCUT2D eigenvalue weighted by atomic mass is 32.2. The first-order valence-electron chi connectivity index (χ1n) is 8.55. The van der Waals surface area contributed by atoms with Crippen molar-refractivity contribution in [3.8, 4) is 22.6 Å². The van der Waals surface area contributed by atoms with Gasteiger partial charge in [0.15, 0.2) is 0 Å². The molecule has 4 nitrogen and oxygen atoms in total. The first kappa shape index (κ1) is 21.4. The van der Waals surface area contributed by atoms with Gasteiger partial charge in [-0.2, -0.15) is 0 Å². The number of rotatable bonds is 7. The quantitative estimate of drug-likeness (QED) is 0.263. The van der Waals surface area contributed by atoms with Crippen LogP contribution in [0.15, 0.2) is 65.6 Å². The molecular weight excluding hydrogens is 379 g/mol. The Balaban J connectivity index is 2.35. The predicted octanol–water partition coefficient (Wildman–Crippen LogP) is 5.57. The number of ether oxygens (including phenoxy) is 2. The van der Waals surface area contributed by atoms with E-state index in [0.717, 1.165) is 11.8 Å². The summed E-state index contributed by atoms with van der Waals surface area (Å²) in [5.41, 5.74) is 1.47. The van der Waals surface area contributed by atoms with E-state index in [0.29, 0.717) is 27.3 Å². The van der Waals surface area contributed by atoms with Crippen molar-refractivity contribution in [3.63, 3.8) is 0 Å². The molecule has 0 amide bonds. The zero-order chi connectivity index (χ0) is 20.8. The summed E-state index contributed by atoms with van der Waals surface area (Å²) in [6, 6.07) is 9.25. The van der Waals surface area contributed by atoms with Crippen LogP contribution in [0.4, 0.5) is 4.39 Å². The lowest BCUT2D eigenvalue weighted by molar-refractivity contribution is -0.131. The molecule has 0 aliphatic heterocycles. The minimum Gasteiger partial charge on any atom is -0.423 e. The second-order valence-corrected chi connectivity index (χ2v) is 7.38. The Hall–Kier alpha value is -2.86. The fourth-order valence-electron chi connectivity index (χ4n) is 2.20. The highest BCUT2D eigenvalue weighted by Gasteiger charge is 2.15. The molecule has 0 unspecified atom stereocenters. The fourth-order valence-corrected chi connectivity index (χ4v) is 2.98. The van der Waals surface area contributed by atoms with Gasteiger partial charge in [-0.3, -0.25) is 0 Å². The molecule has 2 rings (SSSR count). The molecule has 2 aromatic rings. The predicted molar refractivity (Wildman–Crippen MR) is 109 cm³/mol. The van der Waals surface area contributed by atoms with Gasteiger partial charge in [0.1, 0.15) is 17.3 Å².